The summed E-state index contributed by atoms with van der Waals surface area (Å²) in [5.74, 6) is -2.62. The molecule has 2 aliphatic carbocycles. The van der Waals surface area contributed by atoms with Crippen molar-refractivity contribution in [3.05, 3.63) is 36.0 Å². The van der Waals surface area contributed by atoms with Crippen LogP contribution in [0.2, 0.25) is 0 Å². The summed E-state index contributed by atoms with van der Waals surface area (Å²) in [6.45, 7) is 9.42. The Kier molecular flexibility index (Phi) is 11.0. The Labute approximate surface area is 317 Å². The topological polar surface area (TPSA) is 183 Å². The van der Waals surface area contributed by atoms with Gasteiger partial charge in [-0.3, -0.25) is 23.9 Å². The molecule has 3 amide bonds. The van der Waals surface area contributed by atoms with Crippen LogP contribution in [-0.4, -0.2) is 89.7 Å². The van der Waals surface area contributed by atoms with Gasteiger partial charge in [-0.05, 0) is 69.9 Å². The number of ether oxygens (including phenoxy) is 3. The molecule has 0 spiro atoms. The second-order valence-corrected chi connectivity index (χ2v) is 19.0. The molecule has 0 bridgehead atoms. The SMILES string of the molecule is COc1ccc2nc(C)c(O[C@@H]3C[C@H]4C(=O)N[C@]5(C(=O)NS(=O)(=O)C6(C)CC6)C[C@H]5/C=C\CCCCC[C@H](CC(=O)OCC(C)(C)C)C(=O)N4C3)nc2c1. The largest absolute Gasteiger partial charge is 0.497 e. The molecule has 54 heavy (non-hydrogen) atoms. The van der Waals surface area contributed by atoms with Crippen LogP contribution in [0.1, 0.15) is 97.6 Å². The van der Waals surface area contributed by atoms with Crippen molar-refractivity contribution in [1.82, 2.24) is 24.9 Å². The molecule has 1 aromatic heterocycles. The molecule has 0 unspecified atom stereocenters. The van der Waals surface area contributed by atoms with E-state index in [4.69, 9.17) is 14.2 Å². The van der Waals surface area contributed by atoms with Gasteiger partial charge in [0.1, 0.15) is 29.1 Å². The number of allylic oxidation sites excluding steroid dienone is 1. The highest BCUT2D eigenvalue weighted by Crippen LogP contribution is 2.47. The maximum Gasteiger partial charge on any atom is 0.306 e. The lowest BCUT2D eigenvalue weighted by atomic mass is 9.95. The van der Waals surface area contributed by atoms with E-state index in [0.29, 0.717) is 54.6 Å². The first-order valence-electron chi connectivity index (χ1n) is 18.9. The Hall–Kier alpha value is -4.27. The zero-order valence-corrected chi connectivity index (χ0v) is 32.9. The zero-order chi connectivity index (χ0) is 39.1. The number of fused-ring (bicyclic) bond motifs is 3. The van der Waals surface area contributed by atoms with Crippen molar-refractivity contribution in [2.45, 2.75) is 121 Å². The van der Waals surface area contributed by atoms with E-state index in [1.165, 1.54) is 4.90 Å². The molecule has 2 saturated carbocycles. The van der Waals surface area contributed by atoms with Gasteiger partial charge in [-0.1, -0.05) is 45.8 Å². The summed E-state index contributed by atoms with van der Waals surface area (Å²) in [5.41, 5.74) is -0.0622. The Morgan fingerprint density at radius 1 is 1.09 bits per heavy atom. The zero-order valence-electron chi connectivity index (χ0n) is 32.1. The lowest BCUT2D eigenvalue weighted by Gasteiger charge is -2.29. The Morgan fingerprint density at radius 2 is 1.85 bits per heavy atom. The van der Waals surface area contributed by atoms with E-state index < -0.39 is 62.1 Å². The van der Waals surface area contributed by atoms with E-state index in [1.807, 2.05) is 32.9 Å². The maximum atomic E-state index is 14.5. The van der Waals surface area contributed by atoms with E-state index in [2.05, 4.69) is 20.0 Å². The predicted molar refractivity (Wildman–Crippen MR) is 200 cm³/mol. The van der Waals surface area contributed by atoms with Gasteiger partial charge in [-0.2, -0.15) is 0 Å². The van der Waals surface area contributed by atoms with Gasteiger partial charge in [0.2, 0.25) is 27.7 Å². The van der Waals surface area contributed by atoms with Crippen LogP contribution in [0.5, 0.6) is 11.6 Å². The van der Waals surface area contributed by atoms with E-state index in [0.717, 1.165) is 12.8 Å². The van der Waals surface area contributed by atoms with Gasteiger partial charge in [-0.25, -0.2) is 18.4 Å². The van der Waals surface area contributed by atoms with Crippen LogP contribution < -0.4 is 19.5 Å². The number of hydrogen-bond donors (Lipinski definition) is 2. The maximum absolute atomic E-state index is 14.5. The van der Waals surface area contributed by atoms with Gasteiger partial charge in [-0.15, -0.1) is 0 Å². The number of carbonyl (C=O) groups is 4. The third-order valence-electron chi connectivity index (χ3n) is 10.9. The summed E-state index contributed by atoms with van der Waals surface area (Å²) >= 11 is 0. The summed E-state index contributed by atoms with van der Waals surface area (Å²) in [6, 6.07) is 4.24. The average molecular weight is 768 g/mol. The Bertz CT molecular complexity index is 1940. The molecule has 3 fully saturated rings. The van der Waals surface area contributed by atoms with Crippen LogP contribution in [0.25, 0.3) is 11.0 Å². The third kappa shape index (κ3) is 8.66. The van der Waals surface area contributed by atoms with Crippen LogP contribution in [0.4, 0.5) is 0 Å². The number of methoxy groups -OCH3 is 1. The van der Waals surface area contributed by atoms with Gasteiger partial charge in [0.05, 0.1) is 42.5 Å². The monoisotopic (exact) mass is 767 g/mol. The molecule has 1 aromatic carbocycles. The number of aromatic nitrogens is 2. The minimum absolute atomic E-state index is 0.0109. The van der Waals surface area contributed by atoms with Crippen LogP contribution in [0.3, 0.4) is 0 Å². The highest BCUT2D eigenvalue weighted by molar-refractivity contribution is 7.91. The number of benzene rings is 1. The fourth-order valence-electron chi connectivity index (χ4n) is 7.14. The van der Waals surface area contributed by atoms with Crippen LogP contribution in [-0.2, 0) is 33.9 Å². The summed E-state index contributed by atoms with van der Waals surface area (Å²) < 4.78 is 44.8. The lowest BCUT2D eigenvalue weighted by Crippen LogP contribution is -2.57. The number of aryl methyl sites for hydroxylation is 1. The highest BCUT2D eigenvalue weighted by Gasteiger charge is 2.63. The fraction of sp³-hybridized carbons (Fsp3) is 0.641. The van der Waals surface area contributed by atoms with Gasteiger partial charge in [0.15, 0.2) is 0 Å². The van der Waals surface area contributed by atoms with Crippen molar-refractivity contribution in [1.29, 1.82) is 0 Å². The first-order valence-corrected chi connectivity index (χ1v) is 20.4. The number of sulfonamides is 1. The summed E-state index contributed by atoms with van der Waals surface area (Å²) in [5, 5.41) is 2.90. The van der Waals surface area contributed by atoms with Gasteiger partial charge in [0, 0.05) is 24.3 Å². The normalized spacial score (nSPS) is 27.7. The number of carbonyl (C=O) groups excluding carboxylic acids is 4. The molecular formula is C39H53N5O9S. The van der Waals surface area contributed by atoms with Crippen LogP contribution >= 0.6 is 0 Å². The first kappa shape index (κ1) is 39.4. The van der Waals surface area contributed by atoms with E-state index in [1.54, 1.807) is 39.2 Å². The van der Waals surface area contributed by atoms with Crippen molar-refractivity contribution in [3.8, 4) is 11.6 Å². The number of esters is 1. The quantitative estimate of drug-likeness (QED) is 0.274. The summed E-state index contributed by atoms with van der Waals surface area (Å²) in [6.07, 6.45) is 7.59. The Balaban J connectivity index is 1.30. The van der Waals surface area contributed by atoms with Crippen molar-refractivity contribution < 1.29 is 41.8 Å². The molecule has 4 aliphatic rings. The second kappa shape index (κ2) is 15.1. The van der Waals surface area contributed by atoms with E-state index >= 15 is 0 Å². The standard InChI is InChI=1S/C39H53N5O9S/c1-24-34(41-30-19-27(51-6)14-15-29(30)40-24)53-28-20-31-33(46)42-39(36(48)43-54(49,50)38(5)16-17-38)21-26(39)13-11-9-7-8-10-12-25(35(47)44(31)22-28)18-32(45)52-23-37(2,3)4/h11,13-15,19,25-26,28,31H,7-10,12,16-18,20-23H2,1-6H3,(H,42,46)(H,43,48)/b13-11-/t25-,26-,28-,31+,39-/m1/s1. The molecule has 5 atom stereocenters. The number of nitrogens with zero attached hydrogens (tertiary/aromatic N) is 3. The van der Waals surface area contributed by atoms with Crippen molar-refractivity contribution in [3.63, 3.8) is 0 Å². The molecule has 3 heterocycles. The van der Waals surface area contributed by atoms with Crippen molar-refractivity contribution >= 4 is 44.7 Å². The van der Waals surface area contributed by atoms with Gasteiger partial charge in [0.25, 0.3) is 5.91 Å². The molecule has 2 aromatic rings. The smallest absolute Gasteiger partial charge is 0.306 e. The third-order valence-corrected chi connectivity index (χ3v) is 13.1. The highest BCUT2D eigenvalue weighted by atomic mass is 32.2. The lowest BCUT2D eigenvalue weighted by molar-refractivity contribution is -0.152. The molecule has 15 heteroatoms. The van der Waals surface area contributed by atoms with Crippen molar-refractivity contribution in [2.24, 2.45) is 17.3 Å². The van der Waals surface area contributed by atoms with Crippen LogP contribution in [0.15, 0.2) is 30.4 Å². The molecule has 6 rings (SSSR count). The predicted octanol–water partition coefficient (Wildman–Crippen LogP) is 4.28. The summed E-state index contributed by atoms with van der Waals surface area (Å²) in [4.78, 5) is 66.6. The molecular weight excluding hydrogens is 715 g/mol. The molecule has 1 saturated heterocycles. The van der Waals surface area contributed by atoms with Gasteiger partial charge >= 0.3 is 5.97 Å². The molecule has 2 aliphatic heterocycles. The number of nitrogens with one attached hydrogen (secondary N) is 2. The molecule has 14 nitrogen and oxygen atoms in total. The Morgan fingerprint density at radius 3 is 2.56 bits per heavy atom. The van der Waals surface area contributed by atoms with Crippen molar-refractivity contribution in [2.75, 3.05) is 20.3 Å². The average Bonchev–Trinajstić information content (AvgIpc) is 3.99. The molecule has 294 valence electrons. The van der Waals surface area contributed by atoms with E-state index in [-0.39, 0.29) is 49.6 Å². The first-order chi connectivity index (χ1) is 25.4. The number of rotatable bonds is 9. The summed E-state index contributed by atoms with van der Waals surface area (Å²) in [7, 11) is -2.43. The number of amides is 3. The minimum atomic E-state index is -3.98. The van der Waals surface area contributed by atoms with E-state index in [9.17, 15) is 27.6 Å². The second-order valence-electron chi connectivity index (χ2n) is 16.8. The minimum Gasteiger partial charge on any atom is -0.497 e. The fourth-order valence-corrected chi connectivity index (χ4v) is 8.45. The molecule has 0 radical (unpaired) electrons. The van der Waals surface area contributed by atoms with Gasteiger partial charge < -0.3 is 24.4 Å². The molecule has 2 N–H and O–H groups in total. The number of hydrogen-bond acceptors (Lipinski definition) is 11. The van der Waals surface area contributed by atoms with Crippen LogP contribution in [0, 0.1) is 24.2 Å².